The Morgan fingerprint density at radius 3 is 2.87 bits per heavy atom. The third kappa shape index (κ3) is 4.41. The normalized spacial score (nSPS) is 21.0. The van der Waals surface area contributed by atoms with Crippen LogP contribution in [-0.2, 0) is 6.42 Å². The second-order valence-electron chi connectivity index (χ2n) is 8.32. The molecule has 1 aliphatic heterocycles. The number of anilines is 2. The molecular weight excluding hydrogens is 413 g/mol. The van der Waals surface area contributed by atoms with Gasteiger partial charge in [0, 0.05) is 36.2 Å². The second-order valence-corrected chi connectivity index (χ2v) is 9.41. The SMILES string of the molecule is OCC1CCCN(c2cc(NC3CCCc4sc(-c5ccc(F)cc5)nc43)ncn2)C1. The summed E-state index contributed by atoms with van der Waals surface area (Å²) < 4.78 is 13.3. The predicted molar refractivity (Wildman–Crippen MR) is 121 cm³/mol. The van der Waals surface area contributed by atoms with Gasteiger partial charge in [-0.15, -0.1) is 11.3 Å². The van der Waals surface area contributed by atoms with E-state index in [0.717, 1.165) is 73.1 Å². The standard InChI is InChI=1S/C23H26FN5OS/c24-17-8-6-16(7-9-17)23-28-22-18(4-1-5-19(22)31-23)27-20-11-21(26-14-25-20)29-10-2-3-15(12-29)13-30/h6-9,11,14-15,18,30H,1-5,10,12-13H2,(H,25,26,27). The number of benzene rings is 1. The molecule has 162 valence electrons. The van der Waals surface area contributed by atoms with Crippen molar-refractivity contribution in [2.24, 2.45) is 5.92 Å². The minimum absolute atomic E-state index is 0.100. The van der Waals surface area contributed by atoms with Gasteiger partial charge in [-0.2, -0.15) is 0 Å². The first-order valence-electron chi connectivity index (χ1n) is 10.9. The first kappa shape index (κ1) is 20.3. The van der Waals surface area contributed by atoms with E-state index in [4.69, 9.17) is 4.98 Å². The van der Waals surface area contributed by atoms with E-state index >= 15 is 0 Å². The molecule has 2 aromatic heterocycles. The van der Waals surface area contributed by atoms with E-state index in [1.165, 1.54) is 17.0 Å². The molecule has 5 rings (SSSR count). The highest BCUT2D eigenvalue weighted by atomic mass is 32.1. The summed E-state index contributed by atoms with van der Waals surface area (Å²) in [6, 6.07) is 8.64. The third-order valence-electron chi connectivity index (χ3n) is 6.12. The number of fused-ring (bicyclic) bond motifs is 1. The number of nitrogens with zero attached hydrogens (tertiary/aromatic N) is 4. The molecule has 0 amide bonds. The number of thiazole rings is 1. The Morgan fingerprint density at radius 1 is 1.16 bits per heavy atom. The molecule has 2 atom stereocenters. The summed E-state index contributed by atoms with van der Waals surface area (Å²) in [5, 5.41) is 14.0. The maximum atomic E-state index is 13.3. The van der Waals surface area contributed by atoms with Crippen molar-refractivity contribution in [2.45, 2.75) is 38.1 Å². The topological polar surface area (TPSA) is 74.2 Å². The molecular formula is C23H26FN5OS. The van der Waals surface area contributed by atoms with Crippen molar-refractivity contribution in [1.29, 1.82) is 0 Å². The maximum Gasteiger partial charge on any atom is 0.134 e. The van der Waals surface area contributed by atoms with Crippen LogP contribution in [0.1, 0.15) is 42.3 Å². The molecule has 1 fully saturated rings. The maximum absolute atomic E-state index is 13.3. The number of hydrogen-bond acceptors (Lipinski definition) is 7. The number of aryl methyl sites for hydroxylation is 1. The molecule has 2 aliphatic rings. The Labute approximate surface area is 185 Å². The van der Waals surface area contributed by atoms with Gasteiger partial charge in [0.2, 0.25) is 0 Å². The van der Waals surface area contributed by atoms with Crippen molar-refractivity contribution < 1.29 is 9.50 Å². The Morgan fingerprint density at radius 2 is 2.03 bits per heavy atom. The quantitative estimate of drug-likeness (QED) is 0.612. The fourth-order valence-corrected chi connectivity index (χ4v) is 5.64. The van der Waals surface area contributed by atoms with E-state index in [1.807, 2.05) is 6.07 Å². The van der Waals surface area contributed by atoms with Crippen LogP contribution >= 0.6 is 11.3 Å². The van der Waals surface area contributed by atoms with E-state index < -0.39 is 0 Å². The molecule has 1 aliphatic carbocycles. The first-order chi connectivity index (χ1) is 15.2. The summed E-state index contributed by atoms with van der Waals surface area (Å²) in [7, 11) is 0. The lowest BCUT2D eigenvalue weighted by atomic mass is 9.97. The minimum atomic E-state index is -0.233. The molecule has 31 heavy (non-hydrogen) atoms. The van der Waals surface area contributed by atoms with E-state index in [1.54, 1.807) is 29.8 Å². The number of hydrogen-bond donors (Lipinski definition) is 2. The van der Waals surface area contributed by atoms with Crippen molar-refractivity contribution in [3.8, 4) is 10.6 Å². The minimum Gasteiger partial charge on any atom is -0.396 e. The Hall–Kier alpha value is -2.58. The molecule has 0 saturated carbocycles. The van der Waals surface area contributed by atoms with E-state index in [-0.39, 0.29) is 18.5 Å². The van der Waals surface area contributed by atoms with Gasteiger partial charge in [0.05, 0.1) is 11.7 Å². The van der Waals surface area contributed by atoms with Crippen molar-refractivity contribution >= 4 is 23.0 Å². The highest BCUT2D eigenvalue weighted by Crippen LogP contribution is 2.38. The molecule has 1 aromatic carbocycles. The van der Waals surface area contributed by atoms with Gasteiger partial charge in [0.15, 0.2) is 0 Å². The molecule has 2 N–H and O–H groups in total. The number of piperidine rings is 1. The highest BCUT2D eigenvalue weighted by Gasteiger charge is 2.26. The predicted octanol–water partition coefficient (Wildman–Crippen LogP) is 4.44. The summed E-state index contributed by atoms with van der Waals surface area (Å²) in [6.07, 6.45) is 6.85. The van der Waals surface area contributed by atoms with Crippen molar-refractivity contribution in [1.82, 2.24) is 15.0 Å². The molecule has 0 spiro atoms. The number of rotatable bonds is 5. The van der Waals surface area contributed by atoms with Crippen molar-refractivity contribution in [2.75, 3.05) is 29.9 Å². The largest absolute Gasteiger partial charge is 0.396 e. The van der Waals surface area contributed by atoms with Crippen molar-refractivity contribution in [3.05, 3.63) is 53.0 Å². The lowest BCUT2D eigenvalue weighted by Gasteiger charge is -2.33. The third-order valence-corrected chi connectivity index (χ3v) is 7.30. The first-order valence-corrected chi connectivity index (χ1v) is 11.7. The number of aliphatic hydroxyl groups excluding tert-OH is 1. The molecule has 8 heteroatoms. The molecule has 6 nitrogen and oxygen atoms in total. The average Bonchev–Trinajstić information content (AvgIpc) is 3.25. The summed E-state index contributed by atoms with van der Waals surface area (Å²) in [6.45, 7) is 2.00. The lowest BCUT2D eigenvalue weighted by molar-refractivity contribution is 0.208. The molecule has 1 saturated heterocycles. The van der Waals surface area contributed by atoms with Crippen LogP contribution in [0.4, 0.5) is 16.0 Å². The molecule has 0 radical (unpaired) electrons. The smallest absolute Gasteiger partial charge is 0.134 e. The zero-order valence-corrected chi connectivity index (χ0v) is 18.1. The Kier molecular flexibility index (Phi) is 5.82. The van der Waals surface area contributed by atoms with Gasteiger partial charge in [0.1, 0.15) is 28.8 Å². The van der Waals surface area contributed by atoms with Gasteiger partial charge >= 0.3 is 0 Å². The fourth-order valence-electron chi connectivity index (χ4n) is 4.47. The van der Waals surface area contributed by atoms with Crippen LogP contribution in [-0.4, -0.2) is 39.8 Å². The van der Waals surface area contributed by atoms with Crippen LogP contribution in [0, 0.1) is 11.7 Å². The van der Waals surface area contributed by atoms with E-state index in [9.17, 15) is 9.50 Å². The van der Waals surface area contributed by atoms with Gasteiger partial charge in [-0.1, -0.05) is 0 Å². The van der Waals surface area contributed by atoms with E-state index in [0.29, 0.717) is 5.92 Å². The summed E-state index contributed by atoms with van der Waals surface area (Å²) >= 11 is 1.70. The molecule has 3 aromatic rings. The van der Waals surface area contributed by atoms with Crippen molar-refractivity contribution in [3.63, 3.8) is 0 Å². The molecule has 3 heterocycles. The zero-order chi connectivity index (χ0) is 21.2. The number of nitrogens with one attached hydrogen (secondary N) is 1. The van der Waals surface area contributed by atoms with Crippen LogP contribution in [0.15, 0.2) is 36.7 Å². The summed E-state index contributed by atoms with van der Waals surface area (Å²) in [5.41, 5.74) is 2.03. The zero-order valence-electron chi connectivity index (χ0n) is 17.3. The van der Waals surface area contributed by atoms with Gasteiger partial charge in [-0.3, -0.25) is 0 Å². The average molecular weight is 440 g/mol. The summed E-state index contributed by atoms with van der Waals surface area (Å²) in [4.78, 5) is 17.4. The van der Waals surface area contributed by atoms with Crippen LogP contribution in [0.5, 0.6) is 0 Å². The Balaban J connectivity index is 1.35. The number of halogens is 1. The van der Waals surface area contributed by atoms with E-state index in [2.05, 4.69) is 20.2 Å². The van der Waals surface area contributed by atoms with Gasteiger partial charge in [0.25, 0.3) is 0 Å². The monoisotopic (exact) mass is 439 g/mol. The van der Waals surface area contributed by atoms with Crippen LogP contribution < -0.4 is 10.2 Å². The Bertz CT molecular complexity index is 1040. The van der Waals surface area contributed by atoms with Gasteiger partial charge in [-0.25, -0.2) is 19.3 Å². The van der Waals surface area contributed by atoms with Crippen LogP contribution in [0.2, 0.25) is 0 Å². The van der Waals surface area contributed by atoms with Gasteiger partial charge < -0.3 is 15.3 Å². The number of aromatic nitrogens is 3. The highest BCUT2D eigenvalue weighted by molar-refractivity contribution is 7.15. The van der Waals surface area contributed by atoms with Gasteiger partial charge in [-0.05, 0) is 62.3 Å². The molecule has 2 unspecified atom stereocenters. The summed E-state index contributed by atoms with van der Waals surface area (Å²) in [5.74, 6) is 1.77. The van der Waals surface area contributed by atoms with Crippen LogP contribution in [0.3, 0.4) is 0 Å². The van der Waals surface area contributed by atoms with Crippen LogP contribution in [0.25, 0.3) is 10.6 Å². The second kappa shape index (κ2) is 8.88. The fraction of sp³-hybridized carbons (Fsp3) is 0.435. The number of aliphatic hydroxyl groups is 1. The lowest BCUT2D eigenvalue weighted by Crippen LogP contribution is -2.37. The molecule has 0 bridgehead atoms.